The van der Waals surface area contributed by atoms with Crippen molar-refractivity contribution in [3.8, 4) is 0 Å². The maximum absolute atomic E-state index is 12.9. The molecule has 4 rings (SSSR count). The number of carbonyl (C=O) groups is 1. The van der Waals surface area contributed by atoms with E-state index < -0.39 is 0 Å². The van der Waals surface area contributed by atoms with Gasteiger partial charge in [-0.25, -0.2) is 4.98 Å². The maximum atomic E-state index is 12.9. The molecule has 1 N–H and O–H groups in total. The minimum Gasteiger partial charge on any atom is -0.360 e. The molecule has 0 unspecified atom stereocenters. The minimum absolute atomic E-state index is 0.0227. The van der Waals surface area contributed by atoms with Crippen LogP contribution in [0.2, 0.25) is 0 Å². The zero-order valence-corrected chi connectivity index (χ0v) is 16.7. The minimum atomic E-state index is -0.0669. The van der Waals surface area contributed by atoms with Crippen molar-refractivity contribution in [2.24, 2.45) is 0 Å². The summed E-state index contributed by atoms with van der Waals surface area (Å²) in [5, 5.41) is 2.13. The molecule has 28 heavy (non-hydrogen) atoms. The monoisotopic (exact) mass is 391 g/mol. The van der Waals surface area contributed by atoms with Crippen LogP contribution in [0.1, 0.15) is 29.8 Å². The van der Waals surface area contributed by atoms with Gasteiger partial charge in [-0.1, -0.05) is 49.0 Å². The molecule has 0 saturated carbocycles. The van der Waals surface area contributed by atoms with Crippen LogP contribution in [0.4, 0.5) is 0 Å². The summed E-state index contributed by atoms with van der Waals surface area (Å²) in [6.45, 7) is 4.53. The Labute approximate surface area is 166 Å². The summed E-state index contributed by atoms with van der Waals surface area (Å²) in [4.78, 5) is 33.5. The summed E-state index contributed by atoms with van der Waals surface area (Å²) in [5.41, 5.74) is 3.49. The van der Waals surface area contributed by atoms with Gasteiger partial charge in [0.15, 0.2) is 10.9 Å². The largest absolute Gasteiger partial charge is 0.360 e. The first-order valence-electron chi connectivity index (χ1n) is 9.38. The van der Waals surface area contributed by atoms with E-state index in [1.807, 2.05) is 37.3 Å². The standard InChI is InChI=1S/C22H21N3O2S/c1-3-14-8-7-10-15-17(12-23-20(14)15)19(26)13-28-22-24-18-11-6-5-9-16(18)21(27)25(22)4-2/h5-12,23H,3-4,13H2,1-2H3. The van der Waals surface area contributed by atoms with E-state index in [-0.39, 0.29) is 17.1 Å². The molecule has 0 bridgehead atoms. The first-order valence-corrected chi connectivity index (χ1v) is 10.4. The number of carbonyl (C=O) groups excluding carboxylic acids is 1. The molecule has 5 nitrogen and oxygen atoms in total. The molecule has 0 amide bonds. The van der Waals surface area contributed by atoms with Gasteiger partial charge in [-0.2, -0.15) is 0 Å². The highest BCUT2D eigenvalue weighted by Crippen LogP contribution is 2.25. The number of thioether (sulfide) groups is 1. The van der Waals surface area contributed by atoms with Gasteiger partial charge < -0.3 is 4.98 Å². The van der Waals surface area contributed by atoms with Crippen LogP contribution in [0.5, 0.6) is 0 Å². The quantitative estimate of drug-likeness (QED) is 0.300. The molecule has 6 heteroatoms. The van der Waals surface area contributed by atoms with Gasteiger partial charge in [0.1, 0.15) is 0 Å². The maximum Gasteiger partial charge on any atom is 0.262 e. The van der Waals surface area contributed by atoms with Gasteiger partial charge in [0.05, 0.1) is 16.7 Å². The predicted octanol–water partition coefficient (Wildman–Crippen LogP) is 4.44. The van der Waals surface area contributed by atoms with E-state index in [1.165, 1.54) is 17.3 Å². The Kier molecular flexibility index (Phi) is 5.05. The molecule has 2 aromatic heterocycles. The second kappa shape index (κ2) is 7.64. The number of ketones is 1. The van der Waals surface area contributed by atoms with Gasteiger partial charge in [0, 0.05) is 29.2 Å². The van der Waals surface area contributed by atoms with Crippen LogP contribution in [-0.4, -0.2) is 26.1 Å². The van der Waals surface area contributed by atoms with E-state index in [2.05, 4.69) is 23.0 Å². The molecule has 0 aliphatic heterocycles. The number of benzene rings is 2. The van der Waals surface area contributed by atoms with Gasteiger partial charge in [-0.3, -0.25) is 14.2 Å². The second-order valence-electron chi connectivity index (χ2n) is 6.57. The number of rotatable bonds is 6. The van der Waals surface area contributed by atoms with Crippen molar-refractivity contribution in [2.45, 2.75) is 32.0 Å². The van der Waals surface area contributed by atoms with Crippen LogP contribution < -0.4 is 5.56 Å². The lowest BCUT2D eigenvalue weighted by atomic mass is 10.1. The lowest BCUT2D eigenvalue weighted by Gasteiger charge is -2.10. The fourth-order valence-electron chi connectivity index (χ4n) is 3.49. The Morgan fingerprint density at radius 2 is 1.89 bits per heavy atom. The fourth-order valence-corrected chi connectivity index (χ4v) is 4.43. The van der Waals surface area contributed by atoms with Crippen molar-refractivity contribution >= 4 is 39.4 Å². The summed E-state index contributed by atoms with van der Waals surface area (Å²) in [6, 6.07) is 13.3. The zero-order valence-electron chi connectivity index (χ0n) is 15.9. The van der Waals surface area contributed by atoms with Crippen LogP contribution in [0.15, 0.2) is 58.6 Å². The van der Waals surface area contributed by atoms with Crippen LogP contribution in [-0.2, 0) is 13.0 Å². The summed E-state index contributed by atoms with van der Waals surface area (Å²) in [6.07, 6.45) is 2.69. The Hall–Kier alpha value is -2.86. The highest BCUT2D eigenvalue weighted by Gasteiger charge is 2.16. The predicted molar refractivity (Wildman–Crippen MR) is 114 cm³/mol. The smallest absolute Gasteiger partial charge is 0.262 e. The van der Waals surface area contributed by atoms with E-state index in [1.54, 1.807) is 16.8 Å². The Balaban J connectivity index is 1.65. The van der Waals surface area contributed by atoms with Crippen LogP contribution >= 0.6 is 11.8 Å². The highest BCUT2D eigenvalue weighted by atomic mass is 32.2. The molecule has 0 saturated heterocycles. The molecule has 0 fully saturated rings. The number of Topliss-reactive ketones (excluding diaryl/α,β-unsaturated/α-hetero) is 1. The van der Waals surface area contributed by atoms with Crippen molar-refractivity contribution < 1.29 is 4.79 Å². The number of aryl methyl sites for hydroxylation is 1. The van der Waals surface area contributed by atoms with Crippen LogP contribution in [0, 0.1) is 0 Å². The Morgan fingerprint density at radius 1 is 1.11 bits per heavy atom. The number of aromatic nitrogens is 3. The van der Waals surface area contributed by atoms with Crippen LogP contribution in [0.3, 0.4) is 0 Å². The van der Waals surface area contributed by atoms with Crippen molar-refractivity contribution in [2.75, 3.05) is 5.75 Å². The lowest BCUT2D eigenvalue weighted by Crippen LogP contribution is -2.22. The third kappa shape index (κ3) is 3.14. The normalized spacial score (nSPS) is 11.4. The molecule has 2 aromatic carbocycles. The topological polar surface area (TPSA) is 67.8 Å². The molecule has 0 radical (unpaired) electrons. The molecule has 0 spiro atoms. The molecule has 2 heterocycles. The fraction of sp³-hybridized carbons (Fsp3) is 0.227. The van der Waals surface area contributed by atoms with Gasteiger partial charge in [0.25, 0.3) is 5.56 Å². The average Bonchev–Trinajstić information content (AvgIpc) is 3.16. The third-order valence-corrected chi connectivity index (χ3v) is 5.93. The number of aromatic amines is 1. The first-order chi connectivity index (χ1) is 13.6. The number of fused-ring (bicyclic) bond motifs is 2. The number of para-hydroxylation sites is 2. The zero-order chi connectivity index (χ0) is 19.7. The van der Waals surface area contributed by atoms with Gasteiger partial charge in [-0.15, -0.1) is 0 Å². The molecule has 142 valence electrons. The molecule has 0 aliphatic carbocycles. The summed E-state index contributed by atoms with van der Waals surface area (Å²) < 4.78 is 1.63. The Morgan fingerprint density at radius 3 is 2.68 bits per heavy atom. The number of nitrogens with one attached hydrogen (secondary N) is 1. The molecule has 4 aromatic rings. The van der Waals surface area contributed by atoms with Gasteiger partial charge in [0.2, 0.25) is 0 Å². The van der Waals surface area contributed by atoms with Crippen molar-refractivity contribution in [1.29, 1.82) is 0 Å². The van der Waals surface area contributed by atoms with E-state index in [0.29, 0.717) is 28.2 Å². The van der Waals surface area contributed by atoms with E-state index >= 15 is 0 Å². The first kappa shape index (κ1) is 18.5. The second-order valence-corrected chi connectivity index (χ2v) is 7.51. The van der Waals surface area contributed by atoms with Crippen molar-refractivity contribution in [3.63, 3.8) is 0 Å². The molecule has 0 aliphatic rings. The molecular formula is C22H21N3O2S. The lowest BCUT2D eigenvalue weighted by molar-refractivity contribution is 0.102. The summed E-state index contributed by atoms with van der Waals surface area (Å²) in [5.74, 6) is 0.253. The number of H-pyrrole nitrogens is 1. The molecule has 0 atom stereocenters. The van der Waals surface area contributed by atoms with E-state index in [4.69, 9.17) is 0 Å². The van der Waals surface area contributed by atoms with Crippen LogP contribution in [0.25, 0.3) is 21.8 Å². The average molecular weight is 391 g/mol. The van der Waals surface area contributed by atoms with Gasteiger partial charge in [-0.05, 0) is 31.0 Å². The number of hydrogen-bond acceptors (Lipinski definition) is 4. The molecular weight excluding hydrogens is 370 g/mol. The highest BCUT2D eigenvalue weighted by molar-refractivity contribution is 7.99. The summed E-state index contributed by atoms with van der Waals surface area (Å²) in [7, 11) is 0. The summed E-state index contributed by atoms with van der Waals surface area (Å²) >= 11 is 1.31. The van der Waals surface area contributed by atoms with Crippen molar-refractivity contribution in [3.05, 3.63) is 70.1 Å². The number of hydrogen-bond donors (Lipinski definition) is 1. The van der Waals surface area contributed by atoms with Crippen molar-refractivity contribution in [1.82, 2.24) is 14.5 Å². The van der Waals surface area contributed by atoms with E-state index in [0.717, 1.165) is 17.3 Å². The SMILES string of the molecule is CCc1cccc2c(C(=O)CSc3nc4ccccc4c(=O)n3CC)c[nH]c12. The Bertz CT molecular complexity index is 1240. The van der Waals surface area contributed by atoms with Gasteiger partial charge >= 0.3 is 0 Å². The third-order valence-electron chi connectivity index (χ3n) is 4.96. The number of nitrogens with zero attached hydrogens (tertiary/aromatic N) is 2. The van der Waals surface area contributed by atoms with E-state index in [9.17, 15) is 9.59 Å².